The third-order valence-electron chi connectivity index (χ3n) is 3.16. The molecule has 4 nitrogen and oxygen atoms in total. The number of hydrogen-bond acceptors (Lipinski definition) is 4. The molecule has 0 heterocycles. The van der Waals surface area contributed by atoms with Gasteiger partial charge in [0.1, 0.15) is 0 Å². The molecule has 19 heavy (non-hydrogen) atoms. The Labute approximate surface area is 120 Å². The quantitative estimate of drug-likeness (QED) is 0.381. The van der Waals surface area contributed by atoms with E-state index in [0.29, 0.717) is 0 Å². The largest absolute Gasteiger partial charge is 0.394 e. The van der Waals surface area contributed by atoms with E-state index in [-0.39, 0.29) is 0 Å². The maximum atomic E-state index is 6.03. The minimum Gasteiger partial charge on any atom is -0.394 e. The third kappa shape index (κ3) is 9.57. The molecule has 0 atom stereocenters. The number of unbranched alkanes of at least 4 members (excludes halogenated alkanes) is 1. The predicted octanol–water partition coefficient (Wildman–Crippen LogP) is 2.63. The maximum absolute atomic E-state index is 6.03. The van der Waals surface area contributed by atoms with E-state index in [9.17, 15) is 0 Å². The molecule has 0 aliphatic rings. The van der Waals surface area contributed by atoms with E-state index in [2.05, 4.69) is 26.1 Å². The molecule has 0 saturated heterocycles. The fourth-order valence-corrected chi connectivity index (χ4v) is 5.80. The summed E-state index contributed by atoms with van der Waals surface area (Å²) in [5.41, 5.74) is 5.47. The molecule has 0 unspecified atom stereocenters. The van der Waals surface area contributed by atoms with Gasteiger partial charge in [0.05, 0.1) is 0 Å². The van der Waals surface area contributed by atoms with Gasteiger partial charge in [-0.3, -0.25) is 0 Å². The van der Waals surface area contributed by atoms with Crippen molar-refractivity contribution in [3.05, 3.63) is 0 Å². The highest BCUT2D eigenvalue weighted by atomic mass is 28.4. The van der Waals surface area contributed by atoms with E-state index in [1.165, 1.54) is 6.42 Å². The Bertz CT molecular complexity index is 177. The van der Waals surface area contributed by atoms with Crippen LogP contribution in [0.1, 0.15) is 46.5 Å². The van der Waals surface area contributed by atoms with Crippen LogP contribution in [-0.2, 0) is 8.85 Å². The summed E-state index contributed by atoms with van der Waals surface area (Å²) in [5, 5.41) is 3.47. The molecule has 0 aliphatic heterocycles. The van der Waals surface area contributed by atoms with E-state index in [4.69, 9.17) is 14.6 Å². The molecule has 0 saturated carbocycles. The van der Waals surface area contributed by atoms with Gasteiger partial charge in [-0.2, -0.15) is 0 Å². The first-order valence-corrected chi connectivity index (χ1v) is 10.2. The highest BCUT2D eigenvalue weighted by molar-refractivity contribution is 6.67. The summed E-state index contributed by atoms with van der Waals surface area (Å²) in [6, 6.07) is 2.22. The Kier molecular flexibility index (Phi) is 13.1. The topological polar surface area (TPSA) is 56.5 Å². The maximum Gasteiger partial charge on any atom is 0.338 e. The van der Waals surface area contributed by atoms with Crippen molar-refractivity contribution < 1.29 is 8.85 Å². The normalized spacial score (nSPS) is 12.0. The Morgan fingerprint density at radius 2 is 1.53 bits per heavy atom. The van der Waals surface area contributed by atoms with Crippen molar-refractivity contribution in [1.82, 2.24) is 5.32 Å². The van der Waals surface area contributed by atoms with Gasteiger partial charge >= 0.3 is 8.56 Å². The number of hydrogen-bond donors (Lipinski definition) is 2. The molecule has 3 N–H and O–H groups in total. The Morgan fingerprint density at radius 1 is 0.895 bits per heavy atom. The molecule has 0 aromatic heterocycles. The van der Waals surface area contributed by atoms with Gasteiger partial charge in [0.25, 0.3) is 0 Å². The van der Waals surface area contributed by atoms with Gasteiger partial charge in [-0.1, -0.05) is 13.3 Å². The lowest BCUT2D eigenvalue weighted by molar-refractivity contribution is 0.181. The second kappa shape index (κ2) is 13.1. The van der Waals surface area contributed by atoms with Crippen LogP contribution in [0.5, 0.6) is 0 Å². The molecule has 0 rings (SSSR count). The van der Waals surface area contributed by atoms with Crippen LogP contribution in [0.3, 0.4) is 0 Å². The van der Waals surface area contributed by atoms with Crippen LogP contribution in [0.15, 0.2) is 0 Å². The predicted molar refractivity (Wildman–Crippen MR) is 84.7 cm³/mol. The van der Waals surface area contributed by atoms with Crippen molar-refractivity contribution in [2.75, 3.05) is 32.8 Å². The second-order valence-corrected chi connectivity index (χ2v) is 8.27. The zero-order valence-corrected chi connectivity index (χ0v) is 14.2. The van der Waals surface area contributed by atoms with Crippen molar-refractivity contribution in [3.63, 3.8) is 0 Å². The molecular formula is C14H34N2O2Si. The van der Waals surface area contributed by atoms with Gasteiger partial charge in [-0.25, -0.2) is 0 Å². The fourth-order valence-electron chi connectivity index (χ4n) is 2.36. The second-order valence-electron chi connectivity index (χ2n) is 4.88. The summed E-state index contributed by atoms with van der Waals surface area (Å²) in [4.78, 5) is 0. The summed E-state index contributed by atoms with van der Waals surface area (Å²) in [6.45, 7) is 10.8. The highest BCUT2D eigenvalue weighted by Gasteiger charge is 2.35. The van der Waals surface area contributed by atoms with Gasteiger partial charge in [-0.15, -0.1) is 0 Å². The summed E-state index contributed by atoms with van der Waals surface area (Å²) in [6.07, 6.45) is 4.58. The zero-order chi connectivity index (χ0) is 14.4. The molecule has 0 bridgehead atoms. The van der Waals surface area contributed by atoms with Gasteiger partial charge in [-0.05, 0) is 64.8 Å². The molecule has 0 amide bonds. The van der Waals surface area contributed by atoms with Gasteiger partial charge in [0.15, 0.2) is 0 Å². The van der Waals surface area contributed by atoms with Crippen molar-refractivity contribution in [3.8, 4) is 0 Å². The summed E-state index contributed by atoms with van der Waals surface area (Å²) in [5.74, 6) is 0. The van der Waals surface area contributed by atoms with Crippen LogP contribution in [0.25, 0.3) is 0 Å². The smallest absolute Gasteiger partial charge is 0.338 e. The molecule has 116 valence electrons. The molecule has 0 spiro atoms. The zero-order valence-electron chi connectivity index (χ0n) is 13.2. The van der Waals surface area contributed by atoms with Crippen molar-refractivity contribution in [1.29, 1.82) is 0 Å². The van der Waals surface area contributed by atoms with Crippen molar-refractivity contribution in [2.45, 2.75) is 58.5 Å². The van der Waals surface area contributed by atoms with E-state index in [1.54, 1.807) is 0 Å². The number of nitrogens with two attached hydrogens (primary N) is 1. The number of nitrogens with one attached hydrogen (secondary N) is 1. The minimum atomic E-state index is -1.93. The highest BCUT2D eigenvalue weighted by Crippen LogP contribution is 2.22. The monoisotopic (exact) mass is 290 g/mol. The van der Waals surface area contributed by atoms with Gasteiger partial charge < -0.3 is 19.9 Å². The van der Waals surface area contributed by atoms with Crippen LogP contribution in [-0.4, -0.2) is 41.4 Å². The van der Waals surface area contributed by atoms with Crippen LogP contribution in [0.2, 0.25) is 12.1 Å². The third-order valence-corrected chi connectivity index (χ3v) is 7.17. The summed E-state index contributed by atoms with van der Waals surface area (Å²) in [7, 11) is -1.93. The van der Waals surface area contributed by atoms with Gasteiger partial charge in [0, 0.05) is 13.2 Å². The van der Waals surface area contributed by atoms with Gasteiger partial charge in [0.2, 0.25) is 0 Å². The molecule has 0 aromatic carbocycles. The average Bonchev–Trinajstić information content (AvgIpc) is 2.39. The lowest BCUT2D eigenvalue weighted by atomic mass is 10.3. The molecule has 0 aromatic rings. The van der Waals surface area contributed by atoms with Crippen LogP contribution in [0, 0.1) is 0 Å². The lowest BCUT2D eigenvalue weighted by Crippen LogP contribution is -2.42. The first-order chi connectivity index (χ1) is 9.24. The van der Waals surface area contributed by atoms with E-state index in [0.717, 1.165) is 64.2 Å². The van der Waals surface area contributed by atoms with Crippen LogP contribution >= 0.6 is 0 Å². The standard InChI is InChI=1S/C14H34N2O2Si/c1-4-13-19(17-5-2,18-6-3)14-9-12-16-11-8-7-10-15/h16H,4-15H2,1-3H3. The minimum absolute atomic E-state index is 0.774. The Morgan fingerprint density at radius 3 is 2.05 bits per heavy atom. The van der Waals surface area contributed by atoms with Crippen molar-refractivity contribution in [2.24, 2.45) is 5.73 Å². The molecule has 5 heteroatoms. The first-order valence-electron chi connectivity index (χ1n) is 7.93. The first kappa shape index (κ1) is 19.1. The molecular weight excluding hydrogens is 256 g/mol. The van der Waals surface area contributed by atoms with Crippen molar-refractivity contribution >= 4 is 8.56 Å². The van der Waals surface area contributed by atoms with Crippen LogP contribution < -0.4 is 11.1 Å². The average molecular weight is 291 g/mol. The fraction of sp³-hybridized carbons (Fsp3) is 1.00. The van der Waals surface area contributed by atoms with E-state index >= 15 is 0 Å². The Balaban J connectivity index is 3.89. The van der Waals surface area contributed by atoms with Crippen LogP contribution in [0.4, 0.5) is 0 Å². The molecule has 0 fully saturated rings. The Hall–Kier alpha value is 0.0569. The summed E-state index contributed by atoms with van der Waals surface area (Å²) >= 11 is 0. The molecule has 0 aliphatic carbocycles. The lowest BCUT2D eigenvalue weighted by Gasteiger charge is -2.30. The summed E-state index contributed by atoms with van der Waals surface area (Å²) < 4.78 is 12.1. The number of rotatable bonds is 14. The van der Waals surface area contributed by atoms with E-state index in [1.807, 2.05) is 0 Å². The van der Waals surface area contributed by atoms with E-state index < -0.39 is 8.56 Å². The molecule has 0 radical (unpaired) electrons. The SMILES string of the molecule is CCC[Si](CCCNCCCCN)(OCC)OCC.